The summed E-state index contributed by atoms with van der Waals surface area (Å²) >= 11 is 1.75. The van der Waals surface area contributed by atoms with Crippen molar-refractivity contribution in [3.05, 3.63) is 41.3 Å². The Bertz CT molecular complexity index is 803. The zero-order valence-electron chi connectivity index (χ0n) is 16.4. The van der Waals surface area contributed by atoms with E-state index in [1.165, 1.54) is 9.71 Å². The Kier molecular flexibility index (Phi) is 6.85. The van der Waals surface area contributed by atoms with E-state index in [-0.39, 0.29) is 22.9 Å². The van der Waals surface area contributed by atoms with Crippen molar-refractivity contribution < 1.29 is 13.2 Å². The summed E-state index contributed by atoms with van der Waals surface area (Å²) in [6.07, 6.45) is 3.93. The standard InChI is InChI=1S/C20H29N3O3S2/c1-3-16(2)21-19(24)18-15-27-20(22-18)10-12-23(13-11-20)28(25,26)14-9-17-7-5-4-6-8-17/h4-9,14,16,18,22H,3,10-13,15H2,1-2H3,(H,21,24)/b14-9+/t16-,18-/m1/s1. The zero-order chi connectivity index (χ0) is 20.2. The van der Waals surface area contributed by atoms with Crippen LogP contribution in [-0.2, 0) is 14.8 Å². The van der Waals surface area contributed by atoms with Gasteiger partial charge in [-0.05, 0) is 37.8 Å². The van der Waals surface area contributed by atoms with Gasteiger partial charge in [-0.2, -0.15) is 4.31 Å². The maximum Gasteiger partial charge on any atom is 0.238 e. The van der Waals surface area contributed by atoms with Crippen LogP contribution in [0.4, 0.5) is 0 Å². The molecule has 2 saturated heterocycles. The fourth-order valence-electron chi connectivity index (χ4n) is 3.44. The molecule has 2 heterocycles. The van der Waals surface area contributed by atoms with E-state index in [1.54, 1.807) is 17.8 Å². The van der Waals surface area contributed by atoms with Gasteiger partial charge < -0.3 is 5.32 Å². The van der Waals surface area contributed by atoms with Crippen LogP contribution in [0, 0.1) is 0 Å². The highest BCUT2D eigenvalue weighted by molar-refractivity contribution is 8.01. The first-order valence-corrected chi connectivity index (χ1v) is 12.3. The molecule has 0 aliphatic carbocycles. The molecule has 0 bridgehead atoms. The average Bonchev–Trinajstić information content (AvgIpc) is 3.11. The Balaban J connectivity index is 1.55. The highest BCUT2D eigenvalue weighted by Gasteiger charge is 2.45. The minimum absolute atomic E-state index is 0.0413. The van der Waals surface area contributed by atoms with Crippen molar-refractivity contribution >= 4 is 33.8 Å². The third-order valence-electron chi connectivity index (χ3n) is 5.40. The molecule has 0 radical (unpaired) electrons. The van der Waals surface area contributed by atoms with Gasteiger partial charge in [0.25, 0.3) is 0 Å². The number of nitrogens with zero attached hydrogens (tertiary/aromatic N) is 1. The number of hydrogen-bond acceptors (Lipinski definition) is 5. The van der Waals surface area contributed by atoms with Gasteiger partial charge >= 0.3 is 0 Å². The van der Waals surface area contributed by atoms with E-state index in [0.29, 0.717) is 25.9 Å². The third kappa shape index (κ3) is 5.17. The monoisotopic (exact) mass is 423 g/mol. The SMILES string of the molecule is CC[C@@H](C)NC(=O)[C@H]1CSC2(CCN(S(=O)(=O)/C=C/c3ccccc3)CC2)N1. The van der Waals surface area contributed by atoms with E-state index >= 15 is 0 Å². The number of amides is 1. The van der Waals surface area contributed by atoms with E-state index in [4.69, 9.17) is 0 Å². The molecule has 0 aromatic heterocycles. The van der Waals surface area contributed by atoms with Crippen molar-refractivity contribution in [2.45, 2.75) is 50.1 Å². The summed E-state index contributed by atoms with van der Waals surface area (Å²) in [7, 11) is -3.44. The molecule has 1 aromatic carbocycles. The number of carbonyl (C=O) groups excluding carboxylic acids is 1. The van der Waals surface area contributed by atoms with Crippen LogP contribution in [0.2, 0.25) is 0 Å². The molecule has 3 rings (SSSR count). The minimum atomic E-state index is -3.44. The van der Waals surface area contributed by atoms with Crippen LogP contribution in [0.3, 0.4) is 0 Å². The molecule has 1 aromatic rings. The van der Waals surface area contributed by atoms with Crippen molar-refractivity contribution in [2.24, 2.45) is 0 Å². The van der Waals surface area contributed by atoms with Gasteiger partial charge in [-0.1, -0.05) is 37.3 Å². The second-order valence-corrected chi connectivity index (χ2v) is 10.7. The topological polar surface area (TPSA) is 78.5 Å². The molecule has 8 heteroatoms. The Morgan fingerprint density at radius 2 is 2.04 bits per heavy atom. The maximum absolute atomic E-state index is 12.6. The average molecular weight is 424 g/mol. The fraction of sp³-hybridized carbons (Fsp3) is 0.550. The molecule has 6 nitrogen and oxygen atoms in total. The van der Waals surface area contributed by atoms with Crippen LogP contribution in [0.15, 0.2) is 35.7 Å². The van der Waals surface area contributed by atoms with Gasteiger partial charge in [0.2, 0.25) is 15.9 Å². The van der Waals surface area contributed by atoms with Crippen molar-refractivity contribution in [3.8, 4) is 0 Å². The molecular weight excluding hydrogens is 394 g/mol. The van der Waals surface area contributed by atoms with Gasteiger partial charge in [0, 0.05) is 30.3 Å². The molecule has 1 amide bonds. The molecule has 2 atom stereocenters. The Hall–Kier alpha value is -1.35. The lowest BCUT2D eigenvalue weighted by Gasteiger charge is -2.38. The predicted molar refractivity (Wildman–Crippen MR) is 115 cm³/mol. The number of carbonyl (C=O) groups is 1. The van der Waals surface area contributed by atoms with Crippen LogP contribution in [0.1, 0.15) is 38.7 Å². The van der Waals surface area contributed by atoms with Crippen LogP contribution >= 0.6 is 11.8 Å². The molecule has 0 saturated carbocycles. The van der Waals surface area contributed by atoms with Crippen molar-refractivity contribution in [1.29, 1.82) is 0 Å². The van der Waals surface area contributed by atoms with Gasteiger partial charge in [-0.3, -0.25) is 10.1 Å². The minimum Gasteiger partial charge on any atom is -0.352 e. The number of rotatable bonds is 6. The fourth-order valence-corrected chi connectivity index (χ4v) is 6.05. The highest BCUT2D eigenvalue weighted by Crippen LogP contribution is 2.39. The predicted octanol–water partition coefficient (Wildman–Crippen LogP) is 2.40. The molecular formula is C20H29N3O3S2. The van der Waals surface area contributed by atoms with Gasteiger partial charge in [-0.15, -0.1) is 11.8 Å². The van der Waals surface area contributed by atoms with Gasteiger partial charge in [-0.25, -0.2) is 8.42 Å². The summed E-state index contributed by atoms with van der Waals surface area (Å²) in [4.78, 5) is 12.2. The lowest BCUT2D eigenvalue weighted by Crippen LogP contribution is -2.54. The van der Waals surface area contributed by atoms with Crippen LogP contribution < -0.4 is 10.6 Å². The number of sulfonamides is 1. The largest absolute Gasteiger partial charge is 0.352 e. The summed E-state index contributed by atoms with van der Waals surface area (Å²) in [5.41, 5.74) is 0.864. The number of piperidine rings is 1. The van der Waals surface area contributed by atoms with E-state index in [2.05, 4.69) is 10.6 Å². The number of hydrogen-bond donors (Lipinski definition) is 2. The second kappa shape index (κ2) is 8.98. The van der Waals surface area contributed by atoms with Gasteiger partial charge in [0.1, 0.15) is 0 Å². The van der Waals surface area contributed by atoms with Crippen LogP contribution in [0.25, 0.3) is 6.08 Å². The number of thioether (sulfide) groups is 1. The molecule has 2 N–H and O–H groups in total. The van der Waals surface area contributed by atoms with E-state index in [1.807, 2.05) is 44.2 Å². The lowest BCUT2D eigenvalue weighted by molar-refractivity contribution is -0.123. The molecule has 0 unspecified atom stereocenters. The first-order valence-electron chi connectivity index (χ1n) is 9.79. The molecule has 2 fully saturated rings. The van der Waals surface area contributed by atoms with Crippen molar-refractivity contribution in [3.63, 3.8) is 0 Å². The smallest absolute Gasteiger partial charge is 0.238 e. The molecule has 154 valence electrons. The van der Waals surface area contributed by atoms with Crippen molar-refractivity contribution in [1.82, 2.24) is 14.9 Å². The van der Waals surface area contributed by atoms with Crippen molar-refractivity contribution in [2.75, 3.05) is 18.8 Å². The lowest BCUT2D eigenvalue weighted by atomic mass is 10.0. The van der Waals surface area contributed by atoms with E-state index < -0.39 is 10.0 Å². The molecule has 28 heavy (non-hydrogen) atoms. The quantitative estimate of drug-likeness (QED) is 0.735. The number of nitrogens with one attached hydrogen (secondary N) is 2. The number of benzene rings is 1. The maximum atomic E-state index is 12.6. The first-order chi connectivity index (χ1) is 13.3. The molecule has 2 aliphatic rings. The molecule has 1 spiro atoms. The van der Waals surface area contributed by atoms with E-state index in [9.17, 15) is 13.2 Å². The first kappa shape index (κ1) is 21.4. The summed E-state index contributed by atoms with van der Waals surface area (Å²) in [5.74, 6) is 0.766. The molecule has 2 aliphatic heterocycles. The third-order valence-corrected chi connectivity index (χ3v) is 8.55. The van der Waals surface area contributed by atoms with Crippen LogP contribution in [0.5, 0.6) is 0 Å². The normalized spacial score (nSPS) is 23.9. The van der Waals surface area contributed by atoms with Gasteiger partial charge in [0.05, 0.1) is 10.9 Å². The summed E-state index contributed by atoms with van der Waals surface area (Å²) in [6.45, 7) is 4.97. The van der Waals surface area contributed by atoms with E-state index in [0.717, 1.165) is 17.7 Å². The van der Waals surface area contributed by atoms with Crippen LogP contribution in [-0.4, -0.2) is 54.4 Å². The zero-order valence-corrected chi connectivity index (χ0v) is 18.1. The van der Waals surface area contributed by atoms with Gasteiger partial charge in [0.15, 0.2) is 0 Å². The summed E-state index contributed by atoms with van der Waals surface area (Å²) in [6, 6.07) is 9.38. The summed E-state index contributed by atoms with van der Waals surface area (Å²) in [5, 5.41) is 7.80. The highest BCUT2D eigenvalue weighted by atomic mass is 32.2. The Morgan fingerprint density at radius 3 is 2.68 bits per heavy atom. The Labute approximate surface area is 172 Å². The Morgan fingerprint density at radius 1 is 1.36 bits per heavy atom. The summed E-state index contributed by atoms with van der Waals surface area (Å²) < 4.78 is 26.8. The second-order valence-electron chi connectivity index (χ2n) is 7.48.